The zero-order valence-electron chi connectivity index (χ0n) is 18.4. The highest BCUT2D eigenvalue weighted by Crippen LogP contribution is 2.50. The van der Waals surface area contributed by atoms with Crippen molar-refractivity contribution in [1.82, 2.24) is 14.9 Å². The van der Waals surface area contributed by atoms with E-state index < -0.39 is 11.1 Å². The van der Waals surface area contributed by atoms with E-state index in [9.17, 15) is 4.79 Å². The van der Waals surface area contributed by atoms with Gasteiger partial charge in [0.2, 0.25) is 0 Å². The molecule has 2 aliphatic heterocycles. The Labute approximate surface area is 187 Å². The van der Waals surface area contributed by atoms with Crippen molar-refractivity contribution in [2.75, 3.05) is 7.05 Å². The van der Waals surface area contributed by atoms with Crippen LogP contribution in [0.25, 0.3) is 11.1 Å². The summed E-state index contributed by atoms with van der Waals surface area (Å²) in [5.41, 5.74) is 9.19. The molecule has 2 aromatic carbocycles. The second kappa shape index (κ2) is 7.15. The summed E-state index contributed by atoms with van der Waals surface area (Å²) >= 11 is 0. The van der Waals surface area contributed by atoms with Gasteiger partial charge in [-0.3, -0.25) is 9.69 Å². The lowest BCUT2D eigenvalue weighted by Crippen LogP contribution is -2.51. The molecule has 0 aliphatic carbocycles. The first-order valence-corrected chi connectivity index (χ1v) is 10.6. The molecule has 1 amide bonds. The fraction of sp³-hybridized carbons (Fsp3) is 0.280. The molecule has 5 rings (SSSR count). The van der Waals surface area contributed by atoms with Gasteiger partial charge >= 0.3 is 0 Å². The Kier molecular flexibility index (Phi) is 4.51. The number of carbonyl (C=O) groups is 1. The summed E-state index contributed by atoms with van der Waals surface area (Å²) in [6.07, 6.45) is 6.01. The van der Waals surface area contributed by atoms with Crippen molar-refractivity contribution >= 4 is 11.9 Å². The molecule has 1 spiro atoms. The summed E-state index contributed by atoms with van der Waals surface area (Å²) in [5, 5.41) is 0. The lowest BCUT2D eigenvalue weighted by Gasteiger charge is -2.43. The lowest BCUT2D eigenvalue weighted by molar-refractivity contribution is -0.133. The number of rotatable bonds is 3. The number of carbonyl (C=O) groups excluding carboxylic acids is 1. The number of fused-ring (bicyclic) bond motifs is 2. The minimum Gasteiger partial charge on any atom is -0.487 e. The maximum Gasteiger partial charge on any atom is 0.261 e. The molecule has 2 aliphatic rings. The van der Waals surface area contributed by atoms with Crippen molar-refractivity contribution in [3.8, 4) is 16.9 Å². The van der Waals surface area contributed by atoms with Gasteiger partial charge in [-0.1, -0.05) is 35.9 Å². The molecule has 0 fully saturated rings. The van der Waals surface area contributed by atoms with Gasteiger partial charge in [-0.15, -0.1) is 0 Å². The number of likely N-dealkylation sites (N-methyl/N-ethyl adjacent to an activating group) is 1. The first-order chi connectivity index (χ1) is 15.3. The molecule has 162 valence electrons. The van der Waals surface area contributed by atoms with Gasteiger partial charge in [0.15, 0.2) is 11.5 Å². The molecule has 7 heteroatoms. The van der Waals surface area contributed by atoms with Crippen molar-refractivity contribution in [2.24, 2.45) is 10.7 Å². The molecule has 0 radical (unpaired) electrons. The van der Waals surface area contributed by atoms with E-state index in [-0.39, 0.29) is 11.9 Å². The van der Waals surface area contributed by atoms with Gasteiger partial charge in [0.1, 0.15) is 17.7 Å². The van der Waals surface area contributed by atoms with Crippen molar-refractivity contribution < 1.29 is 9.53 Å². The van der Waals surface area contributed by atoms with E-state index in [0.717, 1.165) is 22.3 Å². The number of amides is 1. The van der Waals surface area contributed by atoms with Crippen molar-refractivity contribution in [2.45, 2.75) is 37.8 Å². The first kappa shape index (κ1) is 20.2. The summed E-state index contributed by atoms with van der Waals surface area (Å²) in [4.78, 5) is 27.9. The minimum atomic E-state index is -1.13. The van der Waals surface area contributed by atoms with E-state index in [4.69, 9.17) is 15.5 Å². The normalized spacial score (nSPS) is 24.3. The molecule has 2 N–H and O–H groups in total. The number of ether oxygens (including phenoxy) is 1. The Morgan fingerprint density at radius 2 is 1.81 bits per heavy atom. The number of hydrogen-bond acceptors (Lipinski definition) is 6. The van der Waals surface area contributed by atoms with Crippen LogP contribution in [0, 0.1) is 6.92 Å². The molecule has 0 saturated heterocycles. The highest BCUT2D eigenvalue weighted by atomic mass is 16.5. The SMILES string of the molecule is Cc1ccc(CC2(C)CC3(N=C(N)N(C)C3=O)c3cc(-c4cncnc4)ccc3O2)cc1. The smallest absolute Gasteiger partial charge is 0.261 e. The molecule has 0 saturated carbocycles. The third-order valence-electron chi connectivity index (χ3n) is 6.31. The standard InChI is InChI=1S/C25H25N5O2/c1-16-4-6-17(7-5-16)11-24(2)14-25(22(31)30(3)23(26)29-25)20-10-18(8-9-21(20)32-24)19-12-27-15-28-13-19/h4-10,12-13,15H,11,14H2,1-3H3,(H2,26,29). The number of nitrogens with two attached hydrogens (primary N) is 1. The Morgan fingerprint density at radius 1 is 1.09 bits per heavy atom. The third kappa shape index (κ3) is 3.21. The monoisotopic (exact) mass is 427 g/mol. The molecule has 3 heterocycles. The molecule has 7 nitrogen and oxygen atoms in total. The van der Waals surface area contributed by atoms with Crippen LogP contribution in [0.3, 0.4) is 0 Å². The van der Waals surface area contributed by atoms with Crippen LogP contribution < -0.4 is 10.5 Å². The van der Waals surface area contributed by atoms with Crippen LogP contribution in [-0.2, 0) is 16.8 Å². The molecular formula is C25H25N5O2. The lowest BCUT2D eigenvalue weighted by atomic mass is 9.74. The average molecular weight is 428 g/mol. The summed E-state index contributed by atoms with van der Waals surface area (Å²) in [6, 6.07) is 14.2. The zero-order chi connectivity index (χ0) is 22.5. The number of aryl methyl sites for hydroxylation is 1. The maximum absolute atomic E-state index is 13.5. The molecule has 3 aromatic rings. The quantitative estimate of drug-likeness (QED) is 0.693. The van der Waals surface area contributed by atoms with Crippen LogP contribution in [0.1, 0.15) is 30.0 Å². The number of benzene rings is 2. The zero-order valence-corrected chi connectivity index (χ0v) is 18.4. The summed E-state index contributed by atoms with van der Waals surface area (Å²) in [7, 11) is 1.66. The highest BCUT2D eigenvalue weighted by molar-refractivity contribution is 6.07. The second-order valence-electron chi connectivity index (χ2n) is 8.92. The van der Waals surface area contributed by atoms with Gasteiger partial charge in [-0.05, 0) is 37.1 Å². The third-order valence-corrected chi connectivity index (χ3v) is 6.31. The number of hydrogen-bond donors (Lipinski definition) is 1. The van der Waals surface area contributed by atoms with Gasteiger partial charge in [-0.2, -0.15) is 0 Å². The Balaban J connectivity index is 1.63. The molecular weight excluding hydrogens is 402 g/mol. The van der Waals surface area contributed by atoms with Crippen molar-refractivity contribution in [3.63, 3.8) is 0 Å². The molecule has 32 heavy (non-hydrogen) atoms. The van der Waals surface area contributed by atoms with Crippen molar-refractivity contribution in [3.05, 3.63) is 77.9 Å². The predicted octanol–water partition coefficient (Wildman–Crippen LogP) is 3.22. The predicted molar refractivity (Wildman–Crippen MR) is 122 cm³/mol. The highest BCUT2D eigenvalue weighted by Gasteiger charge is 2.56. The number of guanidine groups is 1. The Morgan fingerprint density at radius 3 is 2.47 bits per heavy atom. The van der Waals surface area contributed by atoms with E-state index in [1.54, 1.807) is 19.4 Å². The minimum absolute atomic E-state index is 0.142. The Hall–Kier alpha value is -3.74. The van der Waals surface area contributed by atoms with Crippen LogP contribution in [0.5, 0.6) is 5.75 Å². The van der Waals surface area contributed by atoms with Crippen LogP contribution in [0.4, 0.5) is 0 Å². The summed E-state index contributed by atoms with van der Waals surface area (Å²) < 4.78 is 6.54. The van der Waals surface area contributed by atoms with Gasteiger partial charge in [0, 0.05) is 43.4 Å². The number of aromatic nitrogens is 2. The Bertz CT molecular complexity index is 1220. The van der Waals surface area contributed by atoms with Crippen LogP contribution in [0.2, 0.25) is 0 Å². The van der Waals surface area contributed by atoms with E-state index in [2.05, 4.69) is 41.2 Å². The molecule has 2 atom stereocenters. The van der Waals surface area contributed by atoms with Gasteiger partial charge < -0.3 is 10.5 Å². The topological polar surface area (TPSA) is 93.7 Å². The van der Waals surface area contributed by atoms with Crippen LogP contribution in [0.15, 0.2) is 66.2 Å². The molecule has 2 unspecified atom stereocenters. The van der Waals surface area contributed by atoms with E-state index in [1.165, 1.54) is 16.8 Å². The largest absolute Gasteiger partial charge is 0.487 e. The van der Waals surface area contributed by atoms with Crippen LogP contribution >= 0.6 is 0 Å². The van der Waals surface area contributed by atoms with Gasteiger partial charge in [-0.25, -0.2) is 15.0 Å². The number of aliphatic imine (C=N–C) groups is 1. The van der Waals surface area contributed by atoms with Crippen molar-refractivity contribution in [1.29, 1.82) is 0 Å². The van der Waals surface area contributed by atoms with E-state index >= 15 is 0 Å². The fourth-order valence-electron chi connectivity index (χ4n) is 4.73. The second-order valence-corrected chi connectivity index (χ2v) is 8.92. The summed E-state index contributed by atoms with van der Waals surface area (Å²) in [5.74, 6) is 0.719. The van der Waals surface area contributed by atoms with Gasteiger partial charge in [0.25, 0.3) is 5.91 Å². The summed E-state index contributed by atoms with van der Waals surface area (Å²) in [6.45, 7) is 4.10. The van der Waals surface area contributed by atoms with E-state index in [1.807, 2.05) is 25.1 Å². The molecule has 0 bridgehead atoms. The fourth-order valence-corrected chi connectivity index (χ4v) is 4.73. The van der Waals surface area contributed by atoms with E-state index in [0.29, 0.717) is 18.6 Å². The first-order valence-electron chi connectivity index (χ1n) is 10.6. The van der Waals surface area contributed by atoms with Gasteiger partial charge in [0.05, 0.1) is 0 Å². The molecule has 1 aromatic heterocycles. The average Bonchev–Trinajstić information content (AvgIpc) is 2.99. The maximum atomic E-state index is 13.5. The number of nitrogens with zero attached hydrogens (tertiary/aromatic N) is 4. The van der Waals surface area contributed by atoms with Crippen LogP contribution in [-0.4, -0.2) is 39.4 Å².